The number of anilines is 2. The maximum atomic E-state index is 13.5. The van der Waals surface area contributed by atoms with E-state index in [1.54, 1.807) is 19.9 Å². The van der Waals surface area contributed by atoms with Gasteiger partial charge >= 0.3 is 6.03 Å². The Morgan fingerprint density at radius 1 is 1.15 bits per heavy atom. The number of pyridine rings is 1. The summed E-state index contributed by atoms with van der Waals surface area (Å²) in [6.45, 7) is 4.22. The Labute approximate surface area is 151 Å². The number of rotatable bonds is 7. The van der Waals surface area contributed by atoms with Crippen molar-refractivity contribution in [2.75, 3.05) is 23.8 Å². The standard InChI is InChI=1S/C16H20FN5O3S/c1-3-22(4-2)26(24,25)12-9-10-15(18-11-12)20-21-16(23)19-14-8-6-5-7-13(14)17/h5-11H,3-4H2,1-2H3,(H,18,20)(H2,19,21,23). The lowest BCUT2D eigenvalue weighted by Gasteiger charge is -2.18. The molecule has 26 heavy (non-hydrogen) atoms. The number of para-hydroxylation sites is 1. The molecule has 8 nitrogen and oxygen atoms in total. The highest BCUT2D eigenvalue weighted by molar-refractivity contribution is 7.89. The number of benzene rings is 1. The van der Waals surface area contributed by atoms with Crippen molar-refractivity contribution in [2.24, 2.45) is 0 Å². The highest BCUT2D eigenvalue weighted by Gasteiger charge is 2.21. The van der Waals surface area contributed by atoms with Crippen LogP contribution in [0.25, 0.3) is 0 Å². The Balaban J connectivity index is 1.97. The molecule has 0 radical (unpaired) electrons. The van der Waals surface area contributed by atoms with E-state index >= 15 is 0 Å². The van der Waals surface area contributed by atoms with Crippen LogP contribution in [0.15, 0.2) is 47.5 Å². The van der Waals surface area contributed by atoms with Gasteiger partial charge in [-0.2, -0.15) is 4.31 Å². The fourth-order valence-electron chi connectivity index (χ4n) is 2.16. The molecule has 1 aromatic heterocycles. The molecule has 0 saturated carbocycles. The minimum absolute atomic E-state index is 0.0282. The molecule has 0 saturated heterocycles. The summed E-state index contributed by atoms with van der Waals surface area (Å²) in [7, 11) is -3.59. The molecule has 3 N–H and O–H groups in total. The van der Waals surface area contributed by atoms with Crippen molar-refractivity contribution >= 4 is 27.6 Å². The Bertz CT molecular complexity index is 854. The number of hydrogen-bond donors (Lipinski definition) is 3. The fourth-order valence-corrected chi connectivity index (χ4v) is 3.56. The van der Waals surface area contributed by atoms with Gasteiger partial charge in [-0.1, -0.05) is 26.0 Å². The molecule has 0 atom stereocenters. The van der Waals surface area contributed by atoms with E-state index in [0.717, 1.165) is 0 Å². The first kappa shape index (κ1) is 19.6. The zero-order chi connectivity index (χ0) is 19.2. The molecule has 2 rings (SSSR count). The molecular weight excluding hydrogens is 361 g/mol. The van der Waals surface area contributed by atoms with Crippen LogP contribution in [0.4, 0.5) is 20.7 Å². The van der Waals surface area contributed by atoms with E-state index in [1.807, 2.05) is 0 Å². The van der Waals surface area contributed by atoms with Crippen molar-refractivity contribution in [3.63, 3.8) is 0 Å². The van der Waals surface area contributed by atoms with Crippen LogP contribution in [-0.4, -0.2) is 36.8 Å². The van der Waals surface area contributed by atoms with Gasteiger partial charge in [-0.05, 0) is 24.3 Å². The van der Waals surface area contributed by atoms with Crippen LogP contribution < -0.4 is 16.2 Å². The number of carbonyl (C=O) groups excluding carboxylic acids is 1. The topological polar surface area (TPSA) is 103 Å². The maximum Gasteiger partial charge on any atom is 0.337 e. The van der Waals surface area contributed by atoms with Gasteiger partial charge in [0.15, 0.2) is 0 Å². The molecule has 2 amide bonds. The number of hydrogen-bond acceptors (Lipinski definition) is 5. The predicted octanol–water partition coefficient (Wildman–Crippen LogP) is 2.40. The monoisotopic (exact) mass is 381 g/mol. The largest absolute Gasteiger partial charge is 0.337 e. The Morgan fingerprint density at radius 2 is 1.85 bits per heavy atom. The van der Waals surface area contributed by atoms with Crippen LogP contribution in [0.1, 0.15) is 13.8 Å². The molecule has 2 aromatic rings. The second-order valence-electron chi connectivity index (χ2n) is 5.15. The van der Waals surface area contributed by atoms with Crippen molar-refractivity contribution in [3.8, 4) is 0 Å². The number of nitrogens with zero attached hydrogens (tertiary/aromatic N) is 2. The molecule has 1 aromatic carbocycles. The first-order chi connectivity index (χ1) is 12.4. The summed E-state index contributed by atoms with van der Waals surface area (Å²) in [6, 6.07) is 7.84. The summed E-state index contributed by atoms with van der Waals surface area (Å²) in [5.74, 6) is -0.334. The minimum atomic E-state index is -3.59. The van der Waals surface area contributed by atoms with Gasteiger partial charge < -0.3 is 5.32 Å². The number of urea groups is 1. The number of amides is 2. The lowest BCUT2D eigenvalue weighted by Crippen LogP contribution is -2.34. The van der Waals surface area contributed by atoms with Crippen LogP contribution in [0.3, 0.4) is 0 Å². The zero-order valence-corrected chi connectivity index (χ0v) is 15.2. The van der Waals surface area contributed by atoms with E-state index < -0.39 is 21.9 Å². The number of hydrazine groups is 1. The van der Waals surface area contributed by atoms with E-state index in [2.05, 4.69) is 21.2 Å². The summed E-state index contributed by atoms with van der Waals surface area (Å²) in [6.07, 6.45) is 1.20. The van der Waals surface area contributed by atoms with Gasteiger partial charge in [-0.3, -0.25) is 10.9 Å². The Hall–Kier alpha value is -2.72. The highest BCUT2D eigenvalue weighted by atomic mass is 32.2. The number of nitrogens with one attached hydrogen (secondary N) is 3. The van der Waals surface area contributed by atoms with E-state index in [9.17, 15) is 17.6 Å². The fraction of sp³-hybridized carbons (Fsp3) is 0.250. The maximum absolute atomic E-state index is 13.5. The molecule has 0 aliphatic rings. The van der Waals surface area contributed by atoms with Crippen molar-refractivity contribution in [1.29, 1.82) is 0 Å². The number of carbonyl (C=O) groups is 1. The first-order valence-corrected chi connectivity index (χ1v) is 9.36. The third kappa shape index (κ3) is 4.67. The zero-order valence-electron chi connectivity index (χ0n) is 14.4. The van der Waals surface area contributed by atoms with Crippen molar-refractivity contribution in [2.45, 2.75) is 18.7 Å². The Morgan fingerprint density at radius 3 is 2.42 bits per heavy atom. The summed E-state index contributed by atoms with van der Waals surface area (Å²) in [5.41, 5.74) is 4.83. The van der Waals surface area contributed by atoms with E-state index in [0.29, 0.717) is 13.1 Å². The molecule has 0 spiro atoms. The van der Waals surface area contributed by atoms with E-state index in [-0.39, 0.29) is 16.4 Å². The quantitative estimate of drug-likeness (QED) is 0.639. The van der Waals surface area contributed by atoms with Gasteiger partial charge in [0.1, 0.15) is 16.5 Å². The Kier molecular flexibility index (Phi) is 6.47. The lowest BCUT2D eigenvalue weighted by atomic mass is 10.3. The molecule has 1 heterocycles. The molecule has 0 aliphatic heterocycles. The van der Waals surface area contributed by atoms with Gasteiger partial charge in [0.05, 0.1) is 5.69 Å². The molecule has 0 unspecified atom stereocenters. The smallest absolute Gasteiger partial charge is 0.304 e. The predicted molar refractivity (Wildman–Crippen MR) is 96.5 cm³/mol. The molecule has 0 aliphatic carbocycles. The molecular formula is C16H20FN5O3S. The number of halogens is 1. The average Bonchev–Trinajstić information content (AvgIpc) is 2.63. The van der Waals surface area contributed by atoms with Crippen molar-refractivity contribution in [3.05, 3.63) is 48.4 Å². The van der Waals surface area contributed by atoms with Crippen molar-refractivity contribution < 1.29 is 17.6 Å². The average molecular weight is 381 g/mol. The molecule has 140 valence electrons. The third-order valence-corrected chi connectivity index (χ3v) is 5.54. The van der Waals surface area contributed by atoms with Gasteiger partial charge in [0.25, 0.3) is 0 Å². The van der Waals surface area contributed by atoms with Crippen LogP contribution in [0.5, 0.6) is 0 Å². The van der Waals surface area contributed by atoms with Crippen LogP contribution in [0.2, 0.25) is 0 Å². The molecule has 0 fully saturated rings. The van der Waals surface area contributed by atoms with Crippen molar-refractivity contribution in [1.82, 2.24) is 14.7 Å². The van der Waals surface area contributed by atoms with Gasteiger partial charge in [0.2, 0.25) is 10.0 Å². The second-order valence-corrected chi connectivity index (χ2v) is 7.09. The number of sulfonamides is 1. The number of aromatic nitrogens is 1. The SMILES string of the molecule is CCN(CC)S(=O)(=O)c1ccc(NNC(=O)Nc2ccccc2F)nc1. The third-order valence-electron chi connectivity index (χ3n) is 3.51. The minimum Gasteiger partial charge on any atom is -0.304 e. The van der Waals surface area contributed by atoms with Crippen LogP contribution in [0, 0.1) is 5.82 Å². The van der Waals surface area contributed by atoms with Crippen LogP contribution in [-0.2, 0) is 10.0 Å². The molecule has 10 heteroatoms. The summed E-state index contributed by atoms with van der Waals surface area (Å²) in [4.78, 5) is 15.8. The second kappa shape index (κ2) is 8.59. The van der Waals surface area contributed by atoms with Gasteiger partial charge in [0, 0.05) is 19.3 Å². The van der Waals surface area contributed by atoms with Crippen LogP contribution >= 0.6 is 0 Å². The summed E-state index contributed by atoms with van der Waals surface area (Å²) < 4.78 is 39.5. The van der Waals surface area contributed by atoms with E-state index in [1.165, 1.54) is 40.8 Å². The summed E-state index contributed by atoms with van der Waals surface area (Å²) in [5, 5.41) is 2.33. The van der Waals surface area contributed by atoms with Gasteiger partial charge in [-0.15, -0.1) is 0 Å². The normalized spacial score (nSPS) is 11.2. The molecule has 0 bridgehead atoms. The van der Waals surface area contributed by atoms with E-state index in [4.69, 9.17) is 0 Å². The first-order valence-electron chi connectivity index (χ1n) is 7.92. The highest BCUT2D eigenvalue weighted by Crippen LogP contribution is 2.16. The lowest BCUT2D eigenvalue weighted by molar-refractivity contribution is 0.253. The van der Waals surface area contributed by atoms with Gasteiger partial charge in [-0.25, -0.2) is 22.6 Å². The summed E-state index contributed by atoms with van der Waals surface area (Å²) >= 11 is 0.